The first-order valence-electron chi connectivity index (χ1n) is 6.70. The molecule has 4 nitrogen and oxygen atoms in total. The minimum Gasteiger partial charge on any atom is -0.336 e. The van der Waals surface area contributed by atoms with Gasteiger partial charge in [-0.3, -0.25) is 9.78 Å². The van der Waals surface area contributed by atoms with Crippen molar-refractivity contribution < 1.29 is 4.79 Å². The van der Waals surface area contributed by atoms with E-state index in [1.807, 2.05) is 30.0 Å². The first-order valence-corrected chi connectivity index (χ1v) is 7.08. The van der Waals surface area contributed by atoms with Gasteiger partial charge in [-0.1, -0.05) is 23.7 Å². The highest BCUT2D eigenvalue weighted by atomic mass is 35.5. The minimum absolute atomic E-state index is 0.100. The van der Waals surface area contributed by atoms with Crippen LogP contribution in [0.2, 0.25) is 5.02 Å². The number of nitrogens with one attached hydrogen (secondary N) is 1. The van der Waals surface area contributed by atoms with Crippen molar-refractivity contribution >= 4 is 28.4 Å². The Kier molecular flexibility index (Phi) is 3.59. The molecule has 1 atom stereocenters. The van der Waals surface area contributed by atoms with E-state index in [4.69, 9.17) is 11.6 Å². The number of pyridine rings is 1. The quantitative estimate of drug-likeness (QED) is 0.922. The van der Waals surface area contributed by atoms with Gasteiger partial charge in [0.05, 0.1) is 16.6 Å². The van der Waals surface area contributed by atoms with Gasteiger partial charge >= 0.3 is 0 Å². The maximum Gasteiger partial charge on any atom is 0.239 e. The molecule has 0 saturated carbocycles. The van der Waals surface area contributed by atoms with Crippen LogP contribution in [0.1, 0.15) is 12.5 Å². The van der Waals surface area contributed by atoms with Crippen LogP contribution >= 0.6 is 11.6 Å². The maximum atomic E-state index is 12.1. The van der Waals surface area contributed by atoms with E-state index < -0.39 is 0 Å². The van der Waals surface area contributed by atoms with E-state index in [0.29, 0.717) is 11.6 Å². The molecule has 5 heteroatoms. The van der Waals surface area contributed by atoms with Crippen molar-refractivity contribution in [3.63, 3.8) is 0 Å². The van der Waals surface area contributed by atoms with E-state index in [1.165, 1.54) is 0 Å². The van der Waals surface area contributed by atoms with Crippen LogP contribution < -0.4 is 5.32 Å². The van der Waals surface area contributed by atoms with E-state index in [9.17, 15) is 4.79 Å². The van der Waals surface area contributed by atoms with Gasteiger partial charge in [0, 0.05) is 31.2 Å². The highest BCUT2D eigenvalue weighted by Gasteiger charge is 2.24. The summed E-state index contributed by atoms with van der Waals surface area (Å²) in [5, 5.41) is 4.81. The number of benzene rings is 1. The van der Waals surface area contributed by atoms with Crippen molar-refractivity contribution in [2.45, 2.75) is 19.5 Å². The van der Waals surface area contributed by atoms with E-state index in [-0.39, 0.29) is 11.9 Å². The Hall–Kier alpha value is -1.65. The zero-order valence-electron chi connectivity index (χ0n) is 11.3. The average Bonchev–Trinajstić information content (AvgIpc) is 2.44. The molecule has 20 heavy (non-hydrogen) atoms. The lowest BCUT2D eigenvalue weighted by molar-refractivity contribution is -0.135. The summed E-state index contributed by atoms with van der Waals surface area (Å²) in [6.45, 7) is 4.10. The van der Waals surface area contributed by atoms with Gasteiger partial charge in [0.1, 0.15) is 0 Å². The predicted molar refractivity (Wildman–Crippen MR) is 79.6 cm³/mol. The molecule has 1 aliphatic heterocycles. The summed E-state index contributed by atoms with van der Waals surface area (Å²) in [7, 11) is 0. The molecule has 1 aromatic carbocycles. The first-order chi connectivity index (χ1) is 9.65. The molecule has 1 saturated heterocycles. The topological polar surface area (TPSA) is 45.2 Å². The van der Waals surface area contributed by atoms with Gasteiger partial charge in [0.25, 0.3) is 0 Å². The van der Waals surface area contributed by atoms with Crippen molar-refractivity contribution in [3.8, 4) is 0 Å². The monoisotopic (exact) mass is 289 g/mol. The van der Waals surface area contributed by atoms with Crippen LogP contribution in [0.15, 0.2) is 30.5 Å². The number of fused-ring (bicyclic) bond motifs is 1. The normalized spacial score (nSPS) is 19.6. The molecule has 1 amide bonds. The molecule has 2 aromatic rings. The van der Waals surface area contributed by atoms with Gasteiger partial charge in [-0.25, -0.2) is 0 Å². The van der Waals surface area contributed by atoms with Gasteiger partial charge in [0.15, 0.2) is 0 Å². The van der Waals surface area contributed by atoms with Crippen LogP contribution in [0.5, 0.6) is 0 Å². The number of piperazine rings is 1. The van der Waals surface area contributed by atoms with Crippen LogP contribution in [-0.4, -0.2) is 34.9 Å². The lowest BCUT2D eigenvalue weighted by Gasteiger charge is -2.31. The lowest BCUT2D eigenvalue weighted by Crippen LogP contribution is -2.53. The minimum atomic E-state index is -0.100. The van der Waals surface area contributed by atoms with Crippen molar-refractivity contribution in [2.24, 2.45) is 0 Å². The Morgan fingerprint density at radius 1 is 1.45 bits per heavy atom. The highest BCUT2D eigenvalue weighted by molar-refractivity contribution is 6.35. The van der Waals surface area contributed by atoms with Crippen molar-refractivity contribution in [1.82, 2.24) is 15.2 Å². The van der Waals surface area contributed by atoms with E-state index in [0.717, 1.165) is 29.6 Å². The van der Waals surface area contributed by atoms with E-state index in [1.54, 1.807) is 12.3 Å². The van der Waals surface area contributed by atoms with Gasteiger partial charge in [-0.2, -0.15) is 0 Å². The van der Waals surface area contributed by atoms with Crippen molar-refractivity contribution in [2.75, 3.05) is 13.1 Å². The highest BCUT2D eigenvalue weighted by Crippen LogP contribution is 2.23. The molecule has 0 bridgehead atoms. The summed E-state index contributed by atoms with van der Waals surface area (Å²) < 4.78 is 0. The number of hydrogen-bond acceptors (Lipinski definition) is 3. The smallest absolute Gasteiger partial charge is 0.239 e. The van der Waals surface area contributed by atoms with Crippen LogP contribution in [0.4, 0.5) is 0 Å². The summed E-state index contributed by atoms with van der Waals surface area (Å²) >= 11 is 6.13. The van der Waals surface area contributed by atoms with E-state index in [2.05, 4.69) is 10.3 Å². The Bertz CT molecular complexity index is 659. The molecule has 0 radical (unpaired) electrons. The van der Waals surface area contributed by atoms with Gasteiger partial charge in [0.2, 0.25) is 5.91 Å². The SMILES string of the molecule is CC1NCCN(Cc2ccc3c(Cl)ccnc3c2)C1=O. The van der Waals surface area contributed by atoms with Gasteiger partial charge in [-0.05, 0) is 24.6 Å². The third kappa shape index (κ3) is 2.49. The third-order valence-corrected chi connectivity index (χ3v) is 3.97. The second-order valence-electron chi connectivity index (χ2n) is 5.08. The molecule has 104 valence electrons. The number of aromatic nitrogens is 1. The summed E-state index contributed by atoms with van der Waals surface area (Å²) in [5.41, 5.74) is 1.94. The Balaban J connectivity index is 1.86. The number of rotatable bonds is 2. The fourth-order valence-corrected chi connectivity index (χ4v) is 2.74. The summed E-state index contributed by atoms with van der Waals surface area (Å²) in [4.78, 5) is 18.3. The van der Waals surface area contributed by atoms with Crippen LogP contribution in [-0.2, 0) is 11.3 Å². The maximum absolute atomic E-state index is 12.1. The van der Waals surface area contributed by atoms with Crippen molar-refractivity contribution in [3.05, 3.63) is 41.0 Å². The summed E-state index contributed by atoms with van der Waals surface area (Å²) in [5.74, 6) is 0.149. The molecular weight excluding hydrogens is 274 g/mol. The molecule has 0 spiro atoms. The summed E-state index contributed by atoms with van der Waals surface area (Å²) in [6.07, 6.45) is 1.70. The van der Waals surface area contributed by atoms with Gasteiger partial charge < -0.3 is 10.2 Å². The number of carbonyl (C=O) groups is 1. The van der Waals surface area contributed by atoms with E-state index >= 15 is 0 Å². The molecule has 3 rings (SSSR count). The molecule has 0 aliphatic carbocycles. The predicted octanol–water partition coefficient (Wildman–Crippen LogP) is 2.21. The molecule has 1 unspecified atom stereocenters. The molecule has 1 aromatic heterocycles. The number of nitrogens with zero attached hydrogens (tertiary/aromatic N) is 2. The largest absolute Gasteiger partial charge is 0.336 e. The molecule has 1 N–H and O–H groups in total. The second-order valence-corrected chi connectivity index (χ2v) is 5.49. The van der Waals surface area contributed by atoms with Crippen LogP contribution in [0, 0.1) is 0 Å². The standard InChI is InChI=1S/C15H16ClN3O/c1-10-15(20)19(7-6-17-10)9-11-2-3-12-13(16)4-5-18-14(12)8-11/h2-5,8,10,17H,6-7,9H2,1H3. The van der Waals surface area contributed by atoms with Gasteiger partial charge in [-0.15, -0.1) is 0 Å². The number of carbonyl (C=O) groups excluding carboxylic acids is 1. The number of amides is 1. The van der Waals surface area contributed by atoms with Crippen LogP contribution in [0.3, 0.4) is 0 Å². The zero-order chi connectivity index (χ0) is 14.1. The molecule has 1 fully saturated rings. The third-order valence-electron chi connectivity index (χ3n) is 3.64. The molecule has 1 aliphatic rings. The number of halogens is 1. The fourth-order valence-electron chi connectivity index (χ4n) is 2.52. The number of hydrogen-bond donors (Lipinski definition) is 1. The Morgan fingerprint density at radius 2 is 2.30 bits per heavy atom. The first kappa shape index (κ1) is 13.3. The Morgan fingerprint density at radius 3 is 3.15 bits per heavy atom. The zero-order valence-corrected chi connectivity index (χ0v) is 12.0. The van der Waals surface area contributed by atoms with Crippen LogP contribution in [0.25, 0.3) is 10.9 Å². The molecule has 2 heterocycles. The Labute approximate surface area is 122 Å². The van der Waals surface area contributed by atoms with Crippen molar-refractivity contribution in [1.29, 1.82) is 0 Å². The summed E-state index contributed by atoms with van der Waals surface area (Å²) in [6, 6.07) is 7.66. The second kappa shape index (κ2) is 5.38. The fraction of sp³-hybridized carbons (Fsp3) is 0.333. The average molecular weight is 290 g/mol. The molecular formula is C15H16ClN3O. The lowest BCUT2D eigenvalue weighted by atomic mass is 10.1.